The molecule has 0 aliphatic carbocycles. The number of rotatable bonds is 7. The quantitative estimate of drug-likeness (QED) is 0.565. The topological polar surface area (TPSA) is 73.3 Å². The SMILES string of the molecule is C=C(C)COc1nc(Nc2ccc(C(=O)OCC)cc2)ncc1Br. The first-order valence-electron chi connectivity index (χ1n) is 7.33. The molecule has 2 aromatic rings. The van der Waals surface area contributed by atoms with Crippen LogP contribution in [0.3, 0.4) is 0 Å². The predicted molar refractivity (Wildman–Crippen MR) is 95.7 cm³/mol. The van der Waals surface area contributed by atoms with E-state index in [-0.39, 0.29) is 5.97 Å². The number of aromatic nitrogens is 2. The fraction of sp³-hybridized carbons (Fsp3) is 0.235. The van der Waals surface area contributed by atoms with Gasteiger partial charge in [-0.2, -0.15) is 4.98 Å². The molecule has 7 heteroatoms. The molecule has 1 N–H and O–H groups in total. The molecule has 6 nitrogen and oxygen atoms in total. The summed E-state index contributed by atoms with van der Waals surface area (Å²) in [4.78, 5) is 20.1. The smallest absolute Gasteiger partial charge is 0.338 e. The van der Waals surface area contributed by atoms with E-state index in [1.54, 1.807) is 37.4 Å². The van der Waals surface area contributed by atoms with Gasteiger partial charge in [0.25, 0.3) is 0 Å². The zero-order valence-corrected chi connectivity index (χ0v) is 15.1. The number of hydrogen-bond acceptors (Lipinski definition) is 6. The van der Waals surface area contributed by atoms with Crippen molar-refractivity contribution in [1.82, 2.24) is 9.97 Å². The van der Waals surface area contributed by atoms with Gasteiger partial charge in [0, 0.05) is 5.69 Å². The minimum Gasteiger partial charge on any atom is -0.472 e. The lowest BCUT2D eigenvalue weighted by atomic mass is 10.2. The maximum absolute atomic E-state index is 11.6. The Balaban J connectivity index is 2.09. The van der Waals surface area contributed by atoms with E-state index in [9.17, 15) is 4.79 Å². The third-order valence-corrected chi connectivity index (χ3v) is 3.36. The maximum Gasteiger partial charge on any atom is 0.338 e. The third-order valence-electron chi connectivity index (χ3n) is 2.82. The highest BCUT2D eigenvalue weighted by Crippen LogP contribution is 2.24. The largest absolute Gasteiger partial charge is 0.472 e. The molecule has 1 heterocycles. The molecule has 1 aromatic heterocycles. The van der Waals surface area contributed by atoms with Crippen molar-refractivity contribution >= 4 is 33.5 Å². The lowest BCUT2D eigenvalue weighted by Crippen LogP contribution is -2.05. The second kappa shape index (κ2) is 8.44. The molecule has 0 spiro atoms. The number of nitrogens with one attached hydrogen (secondary N) is 1. The Labute approximate surface area is 149 Å². The molecule has 0 bridgehead atoms. The van der Waals surface area contributed by atoms with E-state index in [0.717, 1.165) is 11.3 Å². The number of nitrogens with zero attached hydrogens (tertiary/aromatic N) is 2. The van der Waals surface area contributed by atoms with Crippen LogP contribution in [-0.2, 0) is 4.74 Å². The van der Waals surface area contributed by atoms with Crippen molar-refractivity contribution < 1.29 is 14.3 Å². The van der Waals surface area contributed by atoms with Crippen molar-refractivity contribution in [2.24, 2.45) is 0 Å². The van der Waals surface area contributed by atoms with Gasteiger partial charge in [-0.3, -0.25) is 0 Å². The Hall–Kier alpha value is -2.41. The van der Waals surface area contributed by atoms with Crippen LogP contribution in [0.2, 0.25) is 0 Å². The number of anilines is 2. The Morgan fingerprint density at radius 1 is 1.33 bits per heavy atom. The van der Waals surface area contributed by atoms with Gasteiger partial charge in [-0.15, -0.1) is 0 Å². The van der Waals surface area contributed by atoms with Crippen molar-refractivity contribution in [2.45, 2.75) is 13.8 Å². The van der Waals surface area contributed by atoms with Crippen molar-refractivity contribution in [1.29, 1.82) is 0 Å². The zero-order valence-electron chi connectivity index (χ0n) is 13.5. The maximum atomic E-state index is 11.6. The highest BCUT2D eigenvalue weighted by Gasteiger charge is 2.09. The Bertz CT molecular complexity index is 732. The number of benzene rings is 1. The number of hydrogen-bond donors (Lipinski definition) is 1. The van der Waals surface area contributed by atoms with Crippen LogP contribution in [0.15, 0.2) is 47.1 Å². The molecule has 0 aliphatic heterocycles. The minimum atomic E-state index is -0.348. The van der Waals surface area contributed by atoms with Gasteiger partial charge in [0.1, 0.15) is 6.61 Å². The number of esters is 1. The average molecular weight is 392 g/mol. The summed E-state index contributed by atoms with van der Waals surface area (Å²) in [5.41, 5.74) is 2.13. The molecule has 0 atom stereocenters. The molecule has 0 amide bonds. The fourth-order valence-corrected chi connectivity index (χ4v) is 2.04. The predicted octanol–water partition coefficient (Wildman–Crippen LogP) is 4.11. The van der Waals surface area contributed by atoms with Gasteiger partial charge in [-0.05, 0) is 59.6 Å². The lowest BCUT2D eigenvalue weighted by Gasteiger charge is -2.10. The second-order valence-electron chi connectivity index (χ2n) is 5.02. The second-order valence-corrected chi connectivity index (χ2v) is 5.87. The molecule has 0 fully saturated rings. The number of halogens is 1. The summed E-state index contributed by atoms with van der Waals surface area (Å²) in [5, 5.41) is 3.06. The molecule has 2 rings (SSSR count). The van der Waals surface area contributed by atoms with Gasteiger partial charge in [0.15, 0.2) is 0 Å². The first-order valence-corrected chi connectivity index (χ1v) is 8.12. The molecule has 24 heavy (non-hydrogen) atoms. The summed E-state index contributed by atoms with van der Waals surface area (Å²) >= 11 is 3.35. The first kappa shape index (κ1) is 17.9. The normalized spacial score (nSPS) is 10.1. The van der Waals surface area contributed by atoms with Crippen LogP contribution < -0.4 is 10.1 Å². The number of ether oxygens (including phenoxy) is 2. The molecular formula is C17H18BrN3O3. The summed E-state index contributed by atoms with van der Waals surface area (Å²) in [6, 6.07) is 6.87. The molecule has 0 radical (unpaired) electrons. The number of carbonyl (C=O) groups is 1. The van der Waals surface area contributed by atoms with Gasteiger partial charge in [0.05, 0.1) is 22.8 Å². The molecule has 126 valence electrons. The Kier molecular flexibility index (Phi) is 6.31. The van der Waals surface area contributed by atoms with E-state index < -0.39 is 0 Å². The van der Waals surface area contributed by atoms with Crippen molar-refractivity contribution in [3.8, 4) is 5.88 Å². The van der Waals surface area contributed by atoms with Crippen LogP contribution in [0.25, 0.3) is 0 Å². The standard InChI is InChI=1S/C17H18BrN3O3/c1-4-23-16(22)12-5-7-13(8-6-12)20-17-19-9-14(18)15(21-17)24-10-11(2)3/h5-9H,2,4,10H2,1,3H3,(H,19,20,21). The average Bonchev–Trinajstić information content (AvgIpc) is 2.56. The van der Waals surface area contributed by atoms with Crippen molar-refractivity contribution in [2.75, 3.05) is 18.5 Å². The molecule has 0 saturated heterocycles. The van der Waals surface area contributed by atoms with E-state index in [1.165, 1.54) is 0 Å². The molecular weight excluding hydrogens is 374 g/mol. The molecule has 0 saturated carbocycles. The van der Waals surface area contributed by atoms with Gasteiger partial charge >= 0.3 is 5.97 Å². The van der Waals surface area contributed by atoms with Crippen LogP contribution >= 0.6 is 15.9 Å². The summed E-state index contributed by atoms with van der Waals surface area (Å²) in [5.74, 6) is 0.469. The van der Waals surface area contributed by atoms with Crippen LogP contribution in [0.1, 0.15) is 24.2 Å². The van der Waals surface area contributed by atoms with Crippen molar-refractivity contribution in [3.63, 3.8) is 0 Å². The van der Waals surface area contributed by atoms with Crippen LogP contribution in [-0.4, -0.2) is 29.2 Å². The van der Waals surface area contributed by atoms with E-state index >= 15 is 0 Å². The van der Waals surface area contributed by atoms with Crippen molar-refractivity contribution in [3.05, 3.63) is 52.7 Å². The van der Waals surface area contributed by atoms with E-state index in [4.69, 9.17) is 9.47 Å². The summed E-state index contributed by atoms with van der Waals surface area (Å²) in [7, 11) is 0. The summed E-state index contributed by atoms with van der Waals surface area (Å²) < 4.78 is 11.2. The molecule has 0 aliphatic rings. The van der Waals surface area contributed by atoms with Crippen LogP contribution in [0, 0.1) is 0 Å². The molecule has 0 unspecified atom stereocenters. The monoisotopic (exact) mass is 391 g/mol. The van der Waals surface area contributed by atoms with Gasteiger partial charge in [-0.1, -0.05) is 6.58 Å². The molecule has 1 aromatic carbocycles. The number of carbonyl (C=O) groups excluding carboxylic acids is 1. The summed E-state index contributed by atoms with van der Waals surface area (Å²) in [6.45, 7) is 8.16. The van der Waals surface area contributed by atoms with E-state index in [0.29, 0.717) is 35.1 Å². The minimum absolute atomic E-state index is 0.346. The first-order chi connectivity index (χ1) is 11.5. The van der Waals surface area contributed by atoms with Gasteiger partial charge < -0.3 is 14.8 Å². The van der Waals surface area contributed by atoms with Crippen LogP contribution in [0.5, 0.6) is 5.88 Å². The third kappa shape index (κ3) is 5.06. The van der Waals surface area contributed by atoms with E-state index in [2.05, 4.69) is 37.8 Å². The van der Waals surface area contributed by atoms with Crippen LogP contribution in [0.4, 0.5) is 11.6 Å². The van der Waals surface area contributed by atoms with E-state index in [1.807, 2.05) is 6.92 Å². The summed E-state index contributed by atoms with van der Waals surface area (Å²) in [6.07, 6.45) is 1.61. The Morgan fingerprint density at radius 3 is 2.67 bits per heavy atom. The lowest BCUT2D eigenvalue weighted by molar-refractivity contribution is 0.0526. The van der Waals surface area contributed by atoms with Gasteiger partial charge in [0.2, 0.25) is 11.8 Å². The highest BCUT2D eigenvalue weighted by atomic mass is 79.9. The highest BCUT2D eigenvalue weighted by molar-refractivity contribution is 9.10. The fourth-order valence-electron chi connectivity index (χ4n) is 1.74. The Morgan fingerprint density at radius 2 is 2.04 bits per heavy atom. The zero-order chi connectivity index (χ0) is 17.5. The van der Waals surface area contributed by atoms with Gasteiger partial charge in [-0.25, -0.2) is 9.78 Å².